The van der Waals surface area contributed by atoms with Gasteiger partial charge in [-0.1, -0.05) is 79.5 Å². The van der Waals surface area contributed by atoms with Crippen LogP contribution >= 0.6 is 0 Å². The Labute approximate surface area is 134 Å². The largest absolute Gasteiger partial charge is 0.0808 e. The fourth-order valence-corrected chi connectivity index (χ4v) is 4.82. The van der Waals surface area contributed by atoms with Crippen molar-refractivity contribution in [3.05, 3.63) is 82.9 Å². The number of hydrogen-bond donors (Lipinski definition) is 0. The molecule has 2 aliphatic carbocycles. The molecular formula is C21H21Si. The average Bonchev–Trinajstić information content (AvgIpc) is 3.11. The molecule has 0 saturated carbocycles. The van der Waals surface area contributed by atoms with Gasteiger partial charge in [-0.25, -0.2) is 0 Å². The van der Waals surface area contributed by atoms with Gasteiger partial charge in [0.2, 0.25) is 0 Å². The molecule has 0 nitrogen and oxygen atoms in total. The highest BCUT2D eigenvalue weighted by atomic mass is 28.3. The summed E-state index contributed by atoms with van der Waals surface area (Å²) in [6.07, 6.45) is 8.34. The zero-order valence-electron chi connectivity index (χ0n) is 13.5. The second-order valence-electron chi connectivity index (χ2n) is 7.28. The van der Waals surface area contributed by atoms with E-state index in [-0.39, 0.29) is 0 Å². The summed E-state index contributed by atoms with van der Waals surface area (Å²) < 4.78 is 0. The van der Waals surface area contributed by atoms with Crippen LogP contribution in [-0.4, -0.2) is 8.07 Å². The van der Waals surface area contributed by atoms with E-state index < -0.39 is 8.07 Å². The van der Waals surface area contributed by atoms with Crippen LogP contribution in [0.3, 0.4) is 0 Å². The summed E-state index contributed by atoms with van der Waals surface area (Å²) in [4.78, 5) is 0. The van der Waals surface area contributed by atoms with Crippen LogP contribution in [0.1, 0.15) is 23.1 Å². The zero-order valence-corrected chi connectivity index (χ0v) is 14.5. The Bertz CT molecular complexity index is 816. The second-order valence-corrected chi connectivity index (χ2v) is 12.4. The molecular weight excluding hydrogens is 280 g/mol. The first kappa shape index (κ1) is 13.8. The van der Waals surface area contributed by atoms with Gasteiger partial charge < -0.3 is 0 Å². The van der Waals surface area contributed by atoms with Crippen molar-refractivity contribution in [2.24, 2.45) is 0 Å². The van der Waals surface area contributed by atoms with E-state index in [0.717, 1.165) is 6.42 Å². The molecule has 0 amide bonds. The van der Waals surface area contributed by atoms with Crippen molar-refractivity contribution >= 4 is 13.6 Å². The van der Waals surface area contributed by atoms with Crippen molar-refractivity contribution in [3.63, 3.8) is 0 Å². The lowest BCUT2D eigenvalue weighted by Gasteiger charge is -2.15. The lowest BCUT2D eigenvalue weighted by molar-refractivity contribution is 1.40. The summed E-state index contributed by atoms with van der Waals surface area (Å²) in [5, 5.41) is 1.59. The highest BCUT2D eigenvalue weighted by Gasteiger charge is 2.25. The van der Waals surface area contributed by atoms with E-state index >= 15 is 0 Å². The van der Waals surface area contributed by atoms with E-state index in [1.54, 1.807) is 5.20 Å². The first-order valence-corrected chi connectivity index (χ1v) is 11.5. The summed E-state index contributed by atoms with van der Waals surface area (Å²) in [6.45, 7) is 7.28. The van der Waals surface area contributed by atoms with E-state index in [9.17, 15) is 0 Å². The molecule has 0 unspecified atom stereocenters. The molecule has 2 aromatic rings. The molecule has 22 heavy (non-hydrogen) atoms. The fourth-order valence-electron chi connectivity index (χ4n) is 3.50. The summed E-state index contributed by atoms with van der Waals surface area (Å²) in [5.41, 5.74) is 8.41. The van der Waals surface area contributed by atoms with Crippen molar-refractivity contribution in [2.75, 3.05) is 0 Å². The normalized spacial score (nSPS) is 16.1. The Morgan fingerprint density at radius 1 is 0.818 bits per heavy atom. The van der Waals surface area contributed by atoms with Crippen molar-refractivity contribution in [1.82, 2.24) is 0 Å². The van der Waals surface area contributed by atoms with Gasteiger partial charge >= 0.3 is 0 Å². The van der Waals surface area contributed by atoms with Crippen molar-refractivity contribution in [1.29, 1.82) is 0 Å². The van der Waals surface area contributed by atoms with E-state index in [4.69, 9.17) is 0 Å². The van der Waals surface area contributed by atoms with Gasteiger partial charge in [-0.05, 0) is 39.8 Å². The van der Waals surface area contributed by atoms with Gasteiger partial charge in [-0.2, -0.15) is 0 Å². The molecule has 2 aromatic carbocycles. The van der Waals surface area contributed by atoms with E-state index in [2.05, 4.69) is 80.7 Å². The third kappa shape index (κ3) is 2.12. The van der Waals surface area contributed by atoms with E-state index in [0.29, 0.717) is 0 Å². The Morgan fingerprint density at radius 3 is 2.32 bits per heavy atom. The van der Waals surface area contributed by atoms with Crippen LogP contribution in [-0.2, 0) is 0 Å². The number of fused-ring (bicyclic) bond motifs is 3. The minimum absolute atomic E-state index is 1.08. The van der Waals surface area contributed by atoms with Crippen LogP contribution < -0.4 is 0 Å². The third-order valence-corrected chi connectivity index (χ3v) is 6.82. The molecule has 0 aliphatic heterocycles. The highest BCUT2D eigenvalue weighted by Crippen LogP contribution is 2.43. The Hall–Kier alpha value is -1.86. The molecule has 1 heteroatoms. The lowest BCUT2D eigenvalue weighted by atomic mass is 9.95. The van der Waals surface area contributed by atoms with Gasteiger partial charge in [0, 0.05) is 6.42 Å². The summed E-state index contributed by atoms with van der Waals surface area (Å²) in [7, 11) is -1.21. The molecule has 4 rings (SSSR count). The number of allylic oxidation sites excluding steroid dienone is 4. The van der Waals surface area contributed by atoms with Gasteiger partial charge in [0.15, 0.2) is 0 Å². The molecule has 0 atom stereocenters. The topological polar surface area (TPSA) is 0 Å². The number of benzene rings is 2. The first-order valence-electron chi connectivity index (χ1n) is 8.03. The smallest absolute Gasteiger partial charge is 0.0772 e. The summed E-state index contributed by atoms with van der Waals surface area (Å²) >= 11 is 0. The van der Waals surface area contributed by atoms with Crippen molar-refractivity contribution in [3.8, 4) is 11.1 Å². The van der Waals surface area contributed by atoms with Crippen LogP contribution in [0.5, 0.6) is 0 Å². The monoisotopic (exact) mass is 301 g/mol. The Morgan fingerprint density at radius 2 is 1.55 bits per heavy atom. The molecule has 2 aliphatic rings. The van der Waals surface area contributed by atoms with Gasteiger partial charge in [0.05, 0.1) is 8.07 Å². The molecule has 109 valence electrons. The maximum Gasteiger partial charge on any atom is 0.0772 e. The fraction of sp³-hybridized carbons (Fsp3) is 0.190. The second kappa shape index (κ2) is 4.82. The SMILES string of the molecule is C[Si](C)(C)C1=CCC(c2cccc3c2[CH]c2ccccc2-3)=C1. The molecule has 0 heterocycles. The van der Waals surface area contributed by atoms with Crippen LogP contribution in [0.4, 0.5) is 0 Å². The standard InChI is InChI=1S/C21H21Si/c1-22(2,3)17-12-11-16(13-17)19-9-6-10-20-18-8-5-4-7-15(18)14-21(19)20/h4-10,12-14H,11H2,1-3H3. The summed E-state index contributed by atoms with van der Waals surface area (Å²) in [5.74, 6) is 0. The van der Waals surface area contributed by atoms with Gasteiger partial charge in [0.1, 0.15) is 0 Å². The van der Waals surface area contributed by atoms with Gasteiger partial charge in [-0.15, -0.1) is 0 Å². The minimum Gasteiger partial charge on any atom is -0.0808 e. The van der Waals surface area contributed by atoms with E-state index in [1.807, 2.05) is 0 Å². The molecule has 0 aromatic heterocycles. The number of hydrogen-bond acceptors (Lipinski definition) is 0. The van der Waals surface area contributed by atoms with Crippen LogP contribution in [0.25, 0.3) is 16.7 Å². The number of rotatable bonds is 2. The Balaban J connectivity index is 1.79. The van der Waals surface area contributed by atoms with Crippen molar-refractivity contribution in [2.45, 2.75) is 26.1 Å². The highest BCUT2D eigenvalue weighted by molar-refractivity contribution is 6.84. The molecule has 0 bridgehead atoms. The predicted molar refractivity (Wildman–Crippen MR) is 98.4 cm³/mol. The molecule has 0 fully saturated rings. The Kier molecular flexibility index (Phi) is 3.02. The third-order valence-electron chi connectivity index (χ3n) is 4.74. The van der Waals surface area contributed by atoms with Crippen LogP contribution in [0, 0.1) is 6.42 Å². The molecule has 0 spiro atoms. The van der Waals surface area contributed by atoms with E-state index in [1.165, 1.54) is 33.4 Å². The van der Waals surface area contributed by atoms with Crippen molar-refractivity contribution < 1.29 is 0 Å². The molecule has 0 saturated heterocycles. The van der Waals surface area contributed by atoms with Gasteiger partial charge in [-0.3, -0.25) is 0 Å². The summed E-state index contributed by atoms with van der Waals surface area (Å²) in [6, 6.07) is 15.5. The predicted octanol–water partition coefficient (Wildman–Crippen LogP) is 5.86. The maximum atomic E-state index is 2.46. The quantitative estimate of drug-likeness (QED) is 0.520. The van der Waals surface area contributed by atoms with Crippen LogP contribution in [0.2, 0.25) is 19.6 Å². The van der Waals surface area contributed by atoms with Crippen LogP contribution in [0.15, 0.2) is 59.8 Å². The molecule has 0 N–H and O–H groups in total. The first-order chi connectivity index (χ1) is 10.5. The average molecular weight is 301 g/mol. The lowest BCUT2D eigenvalue weighted by Crippen LogP contribution is -2.21. The van der Waals surface area contributed by atoms with Gasteiger partial charge in [0.25, 0.3) is 0 Å². The minimum atomic E-state index is -1.21. The molecule has 1 radical (unpaired) electrons. The maximum absolute atomic E-state index is 2.46. The zero-order chi connectivity index (χ0) is 15.3.